The minimum absolute atomic E-state index is 0.0264. The summed E-state index contributed by atoms with van der Waals surface area (Å²) in [6, 6.07) is 5.32. The quantitative estimate of drug-likeness (QED) is 0.688. The highest BCUT2D eigenvalue weighted by Crippen LogP contribution is 2.20. The van der Waals surface area contributed by atoms with Gasteiger partial charge in [-0.25, -0.2) is 0 Å². The molecule has 0 aromatic heterocycles. The molecule has 19 heavy (non-hydrogen) atoms. The Hall–Kier alpha value is -0.820. The predicted molar refractivity (Wildman–Crippen MR) is 82.3 cm³/mol. The molecule has 1 aliphatic heterocycles. The van der Waals surface area contributed by atoms with Crippen molar-refractivity contribution in [2.75, 3.05) is 26.2 Å². The van der Waals surface area contributed by atoms with Crippen molar-refractivity contribution in [3.63, 3.8) is 0 Å². The first-order chi connectivity index (χ1) is 8.99. The minimum atomic E-state index is -0.0264. The normalized spacial score (nSPS) is 15.5. The molecule has 0 radical (unpaired) electrons. The maximum atomic E-state index is 12.3. The van der Waals surface area contributed by atoms with Crippen molar-refractivity contribution in [3.8, 4) is 0 Å². The van der Waals surface area contributed by atoms with E-state index >= 15 is 0 Å². The summed E-state index contributed by atoms with van der Waals surface area (Å²) in [7, 11) is 0. The van der Waals surface area contributed by atoms with Crippen LogP contribution in [0.15, 0.2) is 18.2 Å². The first-order valence-corrected chi connectivity index (χ1v) is 7.44. The number of nitrogens with zero attached hydrogens (tertiary/aromatic N) is 2. The van der Waals surface area contributed by atoms with Crippen molar-refractivity contribution in [3.05, 3.63) is 32.4 Å². The summed E-state index contributed by atoms with van der Waals surface area (Å²) in [6.07, 6.45) is 0. The second-order valence-corrected chi connectivity index (χ2v) is 6.00. The summed E-state index contributed by atoms with van der Waals surface area (Å²) in [5.74, 6) is 0.0333. The lowest BCUT2D eigenvalue weighted by Crippen LogP contribution is -2.50. The molecule has 102 valence electrons. The summed E-state index contributed by atoms with van der Waals surface area (Å²) in [6.45, 7) is 3.89. The average molecular weight is 393 g/mol. The molecule has 1 fully saturated rings. The Labute approximate surface area is 130 Å². The standard InChI is InChI=1S/C13H14ClIN2O2/c1-9(18)16-4-6-17(7-5-16)13(19)10-2-3-12(15)11(14)8-10/h2-3,8H,4-7H2,1H3. The van der Waals surface area contributed by atoms with E-state index in [9.17, 15) is 9.59 Å². The van der Waals surface area contributed by atoms with Crippen LogP contribution in [-0.4, -0.2) is 47.8 Å². The largest absolute Gasteiger partial charge is 0.339 e. The molecule has 6 heteroatoms. The highest BCUT2D eigenvalue weighted by molar-refractivity contribution is 14.1. The van der Waals surface area contributed by atoms with E-state index in [1.165, 1.54) is 0 Å². The van der Waals surface area contributed by atoms with Crippen LogP contribution >= 0.6 is 34.2 Å². The van der Waals surface area contributed by atoms with E-state index in [4.69, 9.17) is 11.6 Å². The lowest BCUT2D eigenvalue weighted by molar-refractivity contribution is -0.130. The van der Waals surface area contributed by atoms with Crippen molar-refractivity contribution < 1.29 is 9.59 Å². The second-order valence-electron chi connectivity index (χ2n) is 4.43. The van der Waals surface area contributed by atoms with Crippen molar-refractivity contribution in [1.29, 1.82) is 0 Å². The van der Waals surface area contributed by atoms with Crippen molar-refractivity contribution >= 4 is 46.0 Å². The van der Waals surface area contributed by atoms with Gasteiger partial charge in [0.2, 0.25) is 5.91 Å². The Bertz CT molecular complexity index is 513. The zero-order valence-electron chi connectivity index (χ0n) is 10.5. The molecule has 0 bridgehead atoms. The van der Waals surface area contributed by atoms with Gasteiger partial charge >= 0.3 is 0 Å². The molecule has 0 saturated carbocycles. The fraction of sp³-hybridized carbons (Fsp3) is 0.385. The van der Waals surface area contributed by atoms with Gasteiger partial charge in [0, 0.05) is 42.2 Å². The van der Waals surface area contributed by atoms with Gasteiger partial charge in [0.1, 0.15) is 0 Å². The van der Waals surface area contributed by atoms with Crippen LogP contribution in [0.25, 0.3) is 0 Å². The van der Waals surface area contributed by atoms with Crippen LogP contribution in [0.1, 0.15) is 17.3 Å². The lowest BCUT2D eigenvalue weighted by Gasteiger charge is -2.34. The van der Waals surface area contributed by atoms with Gasteiger partial charge in [-0.3, -0.25) is 9.59 Å². The van der Waals surface area contributed by atoms with E-state index in [1.807, 2.05) is 6.07 Å². The van der Waals surface area contributed by atoms with Gasteiger partial charge in [0.25, 0.3) is 5.91 Å². The van der Waals surface area contributed by atoms with Gasteiger partial charge in [-0.2, -0.15) is 0 Å². The first kappa shape index (κ1) is 14.6. The molecular formula is C13H14ClIN2O2. The maximum Gasteiger partial charge on any atom is 0.254 e. The van der Waals surface area contributed by atoms with Gasteiger partial charge in [0.05, 0.1) is 5.02 Å². The molecule has 1 aromatic carbocycles. The maximum absolute atomic E-state index is 12.3. The number of carbonyl (C=O) groups excluding carboxylic acids is 2. The highest BCUT2D eigenvalue weighted by Gasteiger charge is 2.23. The van der Waals surface area contributed by atoms with Gasteiger partial charge in [-0.05, 0) is 40.8 Å². The van der Waals surface area contributed by atoms with Crippen LogP contribution in [0.5, 0.6) is 0 Å². The van der Waals surface area contributed by atoms with E-state index in [0.717, 1.165) is 3.57 Å². The number of rotatable bonds is 1. The number of amides is 2. The third-order valence-electron chi connectivity index (χ3n) is 3.18. The van der Waals surface area contributed by atoms with E-state index in [-0.39, 0.29) is 11.8 Å². The zero-order chi connectivity index (χ0) is 14.0. The summed E-state index contributed by atoms with van der Waals surface area (Å²) in [5.41, 5.74) is 0.599. The number of halogens is 2. The van der Waals surface area contributed by atoms with Crippen LogP contribution in [0.2, 0.25) is 5.02 Å². The predicted octanol–water partition coefficient (Wildman–Crippen LogP) is 2.25. The van der Waals surface area contributed by atoms with Gasteiger partial charge < -0.3 is 9.80 Å². The molecule has 0 spiro atoms. The zero-order valence-corrected chi connectivity index (χ0v) is 13.4. The summed E-state index contributed by atoms with van der Waals surface area (Å²) < 4.78 is 0.928. The molecular weight excluding hydrogens is 379 g/mol. The van der Waals surface area contributed by atoms with Crippen LogP contribution in [0, 0.1) is 3.57 Å². The van der Waals surface area contributed by atoms with E-state index in [0.29, 0.717) is 36.8 Å². The summed E-state index contributed by atoms with van der Waals surface area (Å²) >= 11 is 8.16. The Kier molecular flexibility index (Phi) is 4.67. The van der Waals surface area contributed by atoms with Crippen molar-refractivity contribution in [1.82, 2.24) is 9.80 Å². The monoisotopic (exact) mass is 392 g/mol. The number of benzene rings is 1. The molecule has 0 atom stereocenters. The molecule has 1 aromatic rings. The van der Waals surface area contributed by atoms with Crippen LogP contribution < -0.4 is 0 Å². The first-order valence-electron chi connectivity index (χ1n) is 5.99. The van der Waals surface area contributed by atoms with Crippen LogP contribution in [-0.2, 0) is 4.79 Å². The number of hydrogen-bond acceptors (Lipinski definition) is 2. The van der Waals surface area contributed by atoms with Gasteiger partial charge in [-0.15, -0.1) is 0 Å². The van der Waals surface area contributed by atoms with Crippen molar-refractivity contribution in [2.45, 2.75) is 6.92 Å². The highest BCUT2D eigenvalue weighted by atomic mass is 127. The Balaban J connectivity index is 2.05. The smallest absolute Gasteiger partial charge is 0.254 e. The number of carbonyl (C=O) groups is 2. The average Bonchev–Trinajstić information content (AvgIpc) is 2.41. The molecule has 2 amide bonds. The molecule has 0 unspecified atom stereocenters. The fourth-order valence-corrected chi connectivity index (χ4v) is 2.55. The summed E-state index contributed by atoms with van der Waals surface area (Å²) in [5, 5.41) is 0.592. The Morgan fingerprint density at radius 2 is 1.74 bits per heavy atom. The second kappa shape index (κ2) is 6.09. The molecule has 0 N–H and O–H groups in total. The molecule has 4 nitrogen and oxygen atoms in total. The molecule has 1 saturated heterocycles. The lowest BCUT2D eigenvalue weighted by atomic mass is 10.2. The molecule has 2 rings (SSSR count). The van der Waals surface area contributed by atoms with E-state index in [1.54, 1.807) is 28.9 Å². The van der Waals surface area contributed by atoms with E-state index in [2.05, 4.69) is 22.6 Å². The fourth-order valence-electron chi connectivity index (χ4n) is 2.04. The third-order valence-corrected chi connectivity index (χ3v) is 4.75. The minimum Gasteiger partial charge on any atom is -0.339 e. The Morgan fingerprint density at radius 3 is 2.26 bits per heavy atom. The SMILES string of the molecule is CC(=O)N1CCN(C(=O)c2ccc(I)c(Cl)c2)CC1. The molecule has 1 heterocycles. The number of hydrogen-bond donors (Lipinski definition) is 0. The summed E-state index contributed by atoms with van der Waals surface area (Å²) in [4.78, 5) is 27.0. The van der Waals surface area contributed by atoms with Gasteiger partial charge in [-0.1, -0.05) is 11.6 Å². The van der Waals surface area contributed by atoms with Crippen molar-refractivity contribution in [2.24, 2.45) is 0 Å². The molecule has 0 aliphatic carbocycles. The van der Waals surface area contributed by atoms with Crippen LogP contribution in [0.3, 0.4) is 0 Å². The van der Waals surface area contributed by atoms with E-state index < -0.39 is 0 Å². The third kappa shape index (κ3) is 3.39. The topological polar surface area (TPSA) is 40.6 Å². The molecule has 1 aliphatic rings. The van der Waals surface area contributed by atoms with Crippen LogP contribution in [0.4, 0.5) is 0 Å². The Morgan fingerprint density at radius 1 is 1.16 bits per heavy atom. The number of piperazine rings is 1. The van der Waals surface area contributed by atoms with Gasteiger partial charge in [0.15, 0.2) is 0 Å².